The van der Waals surface area contributed by atoms with Crippen molar-refractivity contribution in [1.29, 1.82) is 0 Å². The molecule has 21 heavy (non-hydrogen) atoms. The second kappa shape index (κ2) is 5.61. The average Bonchev–Trinajstić information content (AvgIpc) is 2.97. The Morgan fingerprint density at radius 2 is 2.19 bits per heavy atom. The number of hydrogen-bond donors (Lipinski definition) is 0. The minimum Gasteiger partial charge on any atom is -0.493 e. The quantitative estimate of drug-likeness (QED) is 0.816. The van der Waals surface area contributed by atoms with Crippen molar-refractivity contribution in [3.8, 4) is 11.5 Å². The first-order valence-electron chi connectivity index (χ1n) is 6.90. The first kappa shape index (κ1) is 14.3. The van der Waals surface area contributed by atoms with Crippen molar-refractivity contribution in [2.45, 2.75) is 19.4 Å². The molecule has 1 fully saturated rings. The van der Waals surface area contributed by atoms with E-state index in [0.29, 0.717) is 22.7 Å². The van der Waals surface area contributed by atoms with Crippen LogP contribution >= 0.6 is 12.2 Å². The highest BCUT2D eigenvalue weighted by Gasteiger charge is 2.20. The average molecular weight is 306 g/mol. The van der Waals surface area contributed by atoms with Crippen molar-refractivity contribution in [2.75, 3.05) is 20.3 Å². The number of rotatable bonds is 3. The molecule has 2 heterocycles. The second-order valence-corrected chi connectivity index (χ2v) is 5.53. The molecule has 112 valence electrons. The van der Waals surface area contributed by atoms with Crippen LogP contribution in [0, 0.1) is 11.6 Å². The second-order valence-electron chi connectivity index (χ2n) is 5.15. The fraction of sp³-hybridized carbons (Fsp3) is 0.467. The van der Waals surface area contributed by atoms with E-state index in [9.17, 15) is 0 Å². The lowest BCUT2D eigenvalue weighted by Crippen LogP contribution is -2.16. The van der Waals surface area contributed by atoms with Crippen molar-refractivity contribution < 1.29 is 14.2 Å². The summed E-state index contributed by atoms with van der Waals surface area (Å²) >= 11 is 5.38. The van der Waals surface area contributed by atoms with Gasteiger partial charge >= 0.3 is 0 Å². The van der Waals surface area contributed by atoms with Crippen LogP contribution < -0.4 is 9.47 Å². The minimum atomic E-state index is 0.0667. The summed E-state index contributed by atoms with van der Waals surface area (Å²) in [5, 5.41) is 0.896. The summed E-state index contributed by atoms with van der Waals surface area (Å²) in [5.74, 6) is 2.26. The maximum atomic E-state index is 6.00. The van der Waals surface area contributed by atoms with Crippen LogP contribution in [0.3, 0.4) is 0 Å². The zero-order valence-electron chi connectivity index (χ0n) is 12.4. The fourth-order valence-corrected chi connectivity index (χ4v) is 2.79. The van der Waals surface area contributed by atoms with E-state index in [-0.39, 0.29) is 6.10 Å². The molecule has 0 amide bonds. The highest BCUT2D eigenvalue weighted by atomic mass is 32.1. The third-order valence-corrected chi connectivity index (χ3v) is 4.12. The van der Waals surface area contributed by atoms with Crippen molar-refractivity contribution >= 4 is 23.1 Å². The Hall–Kier alpha value is -1.66. The van der Waals surface area contributed by atoms with Gasteiger partial charge in [0, 0.05) is 24.9 Å². The molecule has 5 nitrogen and oxygen atoms in total. The molecule has 0 bridgehead atoms. The highest BCUT2D eigenvalue weighted by molar-refractivity contribution is 7.71. The Labute approximate surface area is 128 Å². The summed E-state index contributed by atoms with van der Waals surface area (Å²) in [6.45, 7) is 3.28. The summed E-state index contributed by atoms with van der Waals surface area (Å²) < 4.78 is 19.4. The molecule has 6 heteroatoms. The lowest BCUT2D eigenvalue weighted by atomic mass is 10.2. The number of aryl methyl sites for hydroxylation is 2. The SMILES string of the molecule is COc1cc2c(cc1O[C@H]1CCOC1)c(=S)nc(C)n2C. The Kier molecular flexibility index (Phi) is 3.82. The van der Waals surface area contributed by atoms with Crippen molar-refractivity contribution in [3.63, 3.8) is 0 Å². The Bertz CT molecular complexity index is 736. The van der Waals surface area contributed by atoms with Gasteiger partial charge in [-0.1, -0.05) is 12.2 Å². The predicted molar refractivity (Wildman–Crippen MR) is 82.7 cm³/mol. The number of hydrogen-bond acceptors (Lipinski definition) is 5. The lowest BCUT2D eigenvalue weighted by molar-refractivity contribution is 0.139. The molecule has 0 unspecified atom stereocenters. The van der Waals surface area contributed by atoms with Crippen LogP contribution in [0.1, 0.15) is 12.2 Å². The third-order valence-electron chi connectivity index (χ3n) is 3.80. The van der Waals surface area contributed by atoms with Gasteiger partial charge in [0.05, 0.1) is 25.8 Å². The predicted octanol–water partition coefficient (Wildman–Crippen LogP) is 2.79. The Morgan fingerprint density at radius 3 is 2.86 bits per heavy atom. The van der Waals surface area contributed by atoms with Crippen molar-refractivity contribution in [1.82, 2.24) is 9.55 Å². The summed E-state index contributed by atoms with van der Waals surface area (Å²) in [5.41, 5.74) is 0.986. The standard InChI is InChI=1S/C15H18N2O3S/c1-9-16-15(21)11-6-14(20-10-4-5-19-8-10)13(18-3)7-12(11)17(9)2/h6-7,10H,4-5,8H2,1-3H3/t10-/m0/s1. The van der Waals surface area contributed by atoms with Crippen LogP contribution in [-0.4, -0.2) is 36.0 Å². The van der Waals surface area contributed by atoms with Gasteiger partial charge in [0.15, 0.2) is 11.5 Å². The molecule has 0 aliphatic carbocycles. The van der Waals surface area contributed by atoms with Crippen molar-refractivity contribution in [2.24, 2.45) is 7.05 Å². The van der Waals surface area contributed by atoms with E-state index in [1.807, 2.05) is 30.7 Å². The van der Waals surface area contributed by atoms with Crippen LogP contribution in [0.2, 0.25) is 0 Å². The minimum absolute atomic E-state index is 0.0667. The molecule has 1 aliphatic rings. The zero-order chi connectivity index (χ0) is 15.0. The summed E-state index contributed by atoms with van der Waals surface area (Å²) in [4.78, 5) is 4.39. The van der Waals surface area contributed by atoms with Gasteiger partial charge in [-0.05, 0) is 13.0 Å². The van der Waals surface area contributed by atoms with Gasteiger partial charge in [-0.15, -0.1) is 0 Å². The third kappa shape index (κ3) is 2.61. The Balaban J connectivity index is 2.14. The number of ether oxygens (including phenoxy) is 3. The maximum absolute atomic E-state index is 6.00. The largest absolute Gasteiger partial charge is 0.493 e. The fourth-order valence-electron chi connectivity index (χ4n) is 2.49. The molecule has 0 radical (unpaired) electrons. The summed E-state index contributed by atoms with van der Waals surface area (Å²) in [6, 6.07) is 3.87. The number of nitrogens with zero attached hydrogens (tertiary/aromatic N) is 2. The van der Waals surface area contributed by atoms with E-state index in [2.05, 4.69) is 4.98 Å². The molecule has 0 spiro atoms. The van der Waals surface area contributed by atoms with Crippen LogP contribution in [-0.2, 0) is 11.8 Å². The first-order valence-corrected chi connectivity index (χ1v) is 7.30. The van der Waals surface area contributed by atoms with Crippen LogP contribution in [0.25, 0.3) is 10.9 Å². The number of benzene rings is 1. The number of aromatic nitrogens is 2. The van der Waals surface area contributed by atoms with Gasteiger partial charge in [0.25, 0.3) is 0 Å². The molecule has 1 aromatic carbocycles. The van der Waals surface area contributed by atoms with Crippen LogP contribution in [0.5, 0.6) is 11.5 Å². The molecular weight excluding hydrogens is 288 g/mol. The van der Waals surface area contributed by atoms with Gasteiger partial charge in [0.1, 0.15) is 16.6 Å². The maximum Gasteiger partial charge on any atom is 0.162 e. The molecule has 1 aliphatic heterocycles. The van der Waals surface area contributed by atoms with Crippen molar-refractivity contribution in [3.05, 3.63) is 22.6 Å². The molecule has 3 rings (SSSR count). The molecule has 0 N–H and O–H groups in total. The number of methoxy groups -OCH3 is 1. The summed E-state index contributed by atoms with van der Waals surface area (Å²) in [7, 11) is 3.60. The summed E-state index contributed by atoms with van der Waals surface area (Å²) in [6.07, 6.45) is 0.957. The molecule has 0 saturated carbocycles. The normalized spacial score (nSPS) is 18.1. The van der Waals surface area contributed by atoms with Gasteiger partial charge < -0.3 is 18.8 Å². The van der Waals surface area contributed by atoms with E-state index < -0.39 is 0 Å². The molecule has 1 saturated heterocycles. The van der Waals surface area contributed by atoms with E-state index in [1.165, 1.54) is 0 Å². The van der Waals surface area contributed by atoms with Crippen LogP contribution in [0.15, 0.2) is 12.1 Å². The monoisotopic (exact) mass is 306 g/mol. The Morgan fingerprint density at radius 1 is 1.38 bits per heavy atom. The lowest BCUT2D eigenvalue weighted by Gasteiger charge is -2.17. The van der Waals surface area contributed by atoms with Crippen LogP contribution in [0.4, 0.5) is 0 Å². The molecular formula is C15H18N2O3S. The first-order chi connectivity index (χ1) is 10.1. The van der Waals surface area contributed by atoms with E-state index in [1.54, 1.807) is 7.11 Å². The molecule has 1 aromatic heterocycles. The topological polar surface area (TPSA) is 45.5 Å². The van der Waals surface area contributed by atoms with E-state index >= 15 is 0 Å². The van der Waals surface area contributed by atoms with E-state index in [4.69, 9.17) is 26.4 Å². The zero-order valence-corrected chi connectivity index (χ0v) is 13.2. The van der Waals surface area contributed by atoms with E-state index in [0.717, 1.165) is 29.8 Å². The van der Waals surface area contributed by atoms with Gasteiger partial charge in [0.2, 0.25) is 0 Å². The smallest absolute Gasteiger partial charge is 0.162 e. The van der Waals surface area contributed by atoms with Gasteiger partial charge in [-0.3, -0.25) is 0 Å². The van der Waals surface area contributed by atoms with Gasteiger partial charge in [-0.25, -0.2) is 4.98 Å². The molecule has 2 aromatic rings. The highest BCUT2D eigenvalue weighted by Crippen LogP contribution is 2.34. The number of fused-ring (bicyclic) bond motifs is 1. The molecule has 1 atom stereocenters. The van der Waals surface area contributed by atoms with Gasteiger partial charge in [-0.2, -0.15) is 0 Å².